The molecule has 0 bridgehead atoms. The number of amides is 1. The van der Waals surface area contributed by atoms with Crippen LogP contribution in [-0.4, -0.2) is 41.2 Å². The Bertz CT molecular complexity index is 929. The molecule has 2 N–H and O–H groups in total. The Hall–Kier alpha value is -3.06. The van der Waals surface area contributed by atoms with E-state index in [4.69, 9.17) is 4.74 Å². The molecule has 0 saturated carbocycles. The number of carbonyl (C=O) groups excluding carboxylic acids is 1. The lowest BCUT2D eigenvalue weighted by atomic mass is 10.0. The molecule has 0 unspecified atom stereocenters. The molecule has 0 aliphatic heterocycles. The second-order valence-electron chi connectivity index (χ2n) is 5.79. The van der Waals surface area contributed by atoms with Crippen LogP contribution in [0, 0.1) is 5.82 Å². The van der Waals surface area contributed by atoms with Crippen LogP contribution in [0.15, 0.2) is 42.7 Å². The Morgan fingerprint density at radius 2 is 1.96 bits per heavy atom. The zero-order chi connectivity index (χ0) is 18.5. The minimum absolute atomic E-state index is 0.0765. The van der Waals surface area contributed by atoms with Crippen molar-refractivity contribution in [1.29, 1.82) is 0 Å². The third-order valence-corrected chi connectivity index (χ3v) is 3.88. The molecule has 0 fully saturated rings. The lowest BCUT2D eigenvalue weighted by molar-refractivity contribution is 0.0929. The van der Waals surface area contributed by atoms with Gasteiger partial charge in [-0.25, -0.2) is 9.37 Å². The number of aromatic hydroxyl groups is 1. The molecule has 26 heavy (non-hydrogen) atoms. The van der Waals surface area contributed by atoms with Crippen molar-refractivity contribution >= 4 is 16.8 Å². The number of methoxy groups -OCH3 is 1. The van der Waals surface area contributed by atoms with Crippen molar-refractivity contribution in [2.24, 2.45) is 0 Å². The minimum atomic E-state index is -0.487. The summed E-state index contributed by atoms with van der Waals surface area (Å²) in [4.78, 5) is 20.4. The molecule has 0 aliphatic carbocycles. The molecule has 2 aromatic heterocycles. The minimum Gasteiger partial charge on any atom is -0.504 e. The summed E-state index contributed by atoms with van der Waals surface area (Å²) < 4.78 is 17.9. The number of fused-ring (bicyclic) bond motifs is 1. The van der Waals surface area contributed by atoms with Crippen LogP contribution in [0.2, 0.25) is 0 Å². The highest BCUT2D eigenvalue weighted by Crippen LogP contribution is 2.26. The molecule has 3 aromatic rings. The van der Waals surface area contributed by atoms with Gasteiger partial charge in [-0.2, -0.15) is 0 Å². The van der Waals surface area contributed by atoms with E-state index < -0.39 is 5.91 Å². The van der Waals surface area contributed by atoms with Gasteiger partial charge in [-0.1, -0.05) is 12.1 Å². The molecule has 0 atom stereocenters. The van der Waals surface area contributed by atoms with E-state index in [2.05, 4.69) is 15.3 Å². The summed E-state index contributed by atoms with van der Waals surface area (Å²) in [6, 6.07) is 8.08. The van der Waals surface area contributed by atoms with E-state index in [1.807, 2.05) is 6.07 Å². The van der Waals surface area contributed by atoms with Crippen molar-refractivity contribution < 1.29 is 19.0 Å². The van der Waals surface area contributed by atoms with Gasteiger partial charge in [0.15, 0.2) is 11.4 Å². The normalized spacial score (nSPS) is 10.8. The van der Waals surface area contributed by atoms with Gasteiger partial charge >= 0.3 is 0 Å². The van der Waals surface area contributed by atoms with Gasteiger partial charge < -0.3 is 15.2 Å². The fraction of sp³-hybridized carbons (Fsp3) is 0.211. The van der Waals surface area contributed by atoms with Gasteiger partial charge in [-0.15, -0.1) is 0 Å². The fourth-order valence-corrected chi connectivity index (χ4v) is 2.58. The molecule has 134 valence electrons. The van der Waals surface area contributed by atoms with Crippen LogP contribution in [0.1, 0.15) is 21.6 Å². The van der Waals surface area contributed by atoms with E-state index in [0.29, 0.717) is 30.5 Å². The molecule has 0 radical (unpaired) electrons. The van der Waals surface area contributed by atoms with E-state index >= 15 is 0 Å². The Labute approximate surface area is 149 Å². The Kier molecular flexibility index (Phi) is 5.38. The highest BCUT2D eigenvalue weighted by atomic mass is 19.1. The average molecular weight is 355 g/mol. The predicted octanol–water partition coefficient (Wildman–Crippen LogP) is 2.44. The number of carbonyl (C=O) groups is 1. The standard InChI is InChI=1S/C19H18FN3O3/c1-26-7-6-21-19(25)17-18(24)16-14(11-23-17)9-13(10-22-16)8-12-2-4-15(20)5-3-12/h2-5,9-11,24H,6-8H2,1H3,(H,21,25). The summed E-state index contributed by atoms with van der Waals surface area (Å²) in [5.74, 6) is -1.03. The first-order valence-corrected chi connectivity index (χ1v) is 8.06. The van der Waals surface area contributed by atoms with E-state index in [9.17, 15) is 14.3 Å². The van der Waals surface area contributed by atoms with E-state index in [1.165, 1.54) is 25.4 Å². The van der Waals surface area contributed by atoms with Crippen molar-refractivity contribution in [2.75, 3.05) is 20.3 Å². The maximum atomic E-state index is 13.0. The first kappa shape index (κ1) is 17.8. The van der Waals surface area contributed by atoms with Gasteiger partial charge in [0, 0.05) is 31.4 Å². The summed E-state index contributed by atoms with van der Waals surface area (Å²) in [5, 5.41) is 13.6. The molecule has 6 nitrogen and oxygen atoms in total. The van der Waals surface area contributed by atoms with E-state index in [-0.39, 0.29) is 17.3 Å². The van der Waals surface area contributed by atoms with Crippen LogP contribution in [0.3, 0.4) is 0 Å². The number of hydrogen-bond donors (Lipinski definition) is 2. The van der Waals surface area contributed by atoms with Crippen LogP contribution in [0.5, 0.6) is 5.75 Å². The number of halogens is 1. The summed E-state index contributed by atoms with van der Waals surface area (Å²) in [6.07, 6.45) is 3.70. The third kappa shape index (κ3) is 3.94. The van der Waals surface area contributed by atoms with Crippen LogP contribution in [0.4, 0.5) is 4.39 Å². The fourth-order valence-electron chi connectivity index (χ4n) is 2.58. The summed E-state index contributed by atoms with van der Waals surface area (Å²) in [6.45, 7) is 0.684. The van der Waals surface area contributed by atoms with Crippen LogP contribution in [-0.2, 0) is 11.2 Å². The number of nitrogens with one attached hydrogen (secondary N) is 1. The molecule has 1 amide bonds. The zero-order valence-corrected chi connectivity index (χ0v) is 14.2. The van der Waals surface area contributed by atoms with Crippen molar-refractivity contribution in [2.45, 2.75) is 6.42 Å². The molecule has 1 aromatic carbocycles. The number of aromatic nitrogens is 2. The predicted molar refractivity (Wildman–Crippen MR) is 94.6 cm³/mol. The van der Waals surface area contributed by atoms with Gasteiger partial charge in [-0.05, 0) is 35.7 Å². The first-order valence-electron chi connectivity index (χ1n) is 8.06. The summed E-state index contributed by atoms with van der Waals surface area (Å²) in [7, 11) is 1.53. The van der Waals surface area contributed by atoms with Crippen molar-refractivity contribution in [3.05, 3.63) is 65.4 Å². The van der Waals surface area contributed by atoms with Gasteiger partial charge in [0.2, 0.25) is 0 Å². The van der Waals surface area contributed by atoms with Crippen LogP contribution in [0.25, 0.3) is 10.9 Å². The zero-order valence-electron chi connectivity index (χ0n) is 14.2. The lowest BCUT2D eigenvalue weighted by Crippen LogP contribution is -2.27. The van der Waals surface area contributed by atoms with Crippen molar-refractivity contribution in [1.82, 2.24) is 15.3 Å². The molecule has 0 spiro atoms. The number of nitrogens with zero attached hydrogens (tertiary/aromatic N) is 2. The third-order valence-electron chi connectivity index (χ3n) is 3.88. The quantitative estimate of drug-likeness (QED) is 0.664. The molecule has 0 saturated heterocycles. The molecule has 3 rings (SSSR count). The Morgan fingerprint density at radius 1 is 1.19 bits per heavy atom. The van der Waals surface area contributed by atoms with Crippen molar-refractivity contribution in [3.8, 4) is 5.75 Å². The van der Waals surface area contributed by atoms with Gasteiger partial charge in [0.25, 0.3) is 5.91 Å². The molecule has 7 heteroatoms. The topological polar surface area (TPSA) is 84.3 Å². The maximum Gasteiger partial charge on any atom is 0.273 e. The second kappa shape index (κ2) is 7.88. The monoisotopic (exact) mass is 355 g/mol. The van der Waals surface area contributed by atoms with Crippen molar-refractivity contribution in [3.63, 3.8) is 0 Å². The Balaban J connectivity index is 1.83. The van der Waals surface area contributed by atoms with Crippen LogP contribution < -0.4 is 5.32 Å². The van der Waals surface area contributed by atoms with Gasteiger partial charge in [-0.3, -0.25) is 9.78 Å². The lowest BCUT2D eigenvalue weighted by Gasteiger charge is -2.09. The second-order valence-corrected chi connectivity index (χ2v) is 5.79. The Morgan fingerprint density at radius 3 is 2.69 bits per heavy atom. The van der Waals surface area contributed by atoms with E-state index in [1.54, 1.807) is 18.3 Å². The van der Waals surface area contributed by atoms with Crippen LogP contribution >= 0.6 is 0 Å². The highest BCUT2D eigenvalue weighted by Gasteiger charge is 2.16. The molecular weight excluding hydrogens is 337 g/mol. The average Bonchev–Trinajstić information content (AvgIpc) is 2.64. The van der Waals surface area contributed by atoms with E-state index in [0.717, 1.165) is 11.1 Å². The largest absolute Gasteiger partial charge is 0.504 e. The smallest absolute Gasteiger partial charge is 0.273 e. The van der Waals surface area contributed by atoms with Gasteiger partial charge in [0.05, 0.1) is 6.61 Å². The SMILES string of the molecule is COCCNC(=O)c1ncc2cc(Cc3ccc(F)cc3)cnc2c1O. The summed E-state index contributed by atoms with van der Waals surface area (Å²) in [5.41, 5.74) is 2.06. The molecule has 2 heterocycles. The number of rotatable bonds is 6. The number of hydrogen-bond acceptors (Lipinski definition) is 5. The summed E-state index contributed by atoms with van der Waals surface area (Å²) >= 11 is 0. The first-order chi connectivity index (χ1) is 12.6. The number of ether oxygens (including phenoxy) is 1. The molecule has 0 aliphatic rings. The molecular formula is C19H18FN3O3. The number of pyridine rings is 2. The maximum absolute atomic E-state index is 13.0. The number of benzene rings is 1. The van der Waals surface area contributed by atoms with Gasteiger partial charge in [0.1, 0.15) is 11.3 Å². The highest BCUT2D eigenvalue weighted by molar-refractivity contribution is 6.00.